The van der Waals surface area contributed by atoms with Crippen molar-refractivity contribution in [1.82, 2.24) is 9.97 Å². The molecular formula is C14H18N4O. The van der Waals surface area contributed by atoms with Crippen LogP contribution in [0.15, 0.2) is 30.6 Å². The van der Waals surface area contributed by atoms with Crippen molar-refractivity contribution in [2.75, 3.05) is 25.5 Å². The lowest BCUT2D eigenvalue weighted by molar-refractivity contribution is 0.416. The van der Waals surface area contributed by atoms with Crippen LogP contribution in [-0.4, -0.2) is 30.2 Å². The van der Waals surface area contributed by atoms with Gasteiger partial charge in [-0.1, -0.05) is 11.6 Å². The van der Waals surface area contributed by atoms with E-state index in [-0.39, 0.29) is 0 Å². The van der Waals surface area contributed by atoms with Crippen LogP contribution >= 0.6 is 0 Å². The van der Waals surface area contributed by atoms with Crippen molar-refractivity contribution in [2.24, 2.45) is 5.73 Å². The summed E-state index contributed by atoms with van der Waals surface area (Å²) in [6.45, 7) is 3.28. The fourth-order valence-electron chi connectivity index (χ4n) is 1.82. The summed E-state index contributed by atoms with van der Waals surface area (Å²) in [5, 5.41) is 3.14. The van der Waals surface area contributed by atoms with Crippen LogP contribution in [0.2, 0.25) is 0 Å². The minimum Gasteiger partial charge on any atom is -0.496 e. The van der Waals surface area contributed by atoms with E-state index in [2.05, 4.69) is 15.3 Å². The van der Waals surface area contributed by atoms with E-state index in [4.69, 9.17) is 10.5 Å². The van der Waals surface area contributed by atoms with Crippen LogP contribution in [0, 0.1) is 6.92 Å². The number of aromatic nitrogens is 2. The fraction of sp³-hybridized carbons (Fsp3) is 0.286. The van der Waals surface area contributed by atoms with Gasteiger partial charge in [-0.25, -0.2) is 9.97 Å². The Morgan fingerprint density at radius 2 is 2.11 bits per heavy atom. The topological polar surface area (TPSA) is 73.1 Å². The number of anilines is 1. The third kappa shape index (κ3) is 3.20. The smallest absolute Gasteiger partial charge is 0.130 e. The van der Waals surface area contributed by atoms with E-state index in [1.54, 1.807) is 7.11 Å². The molecule has 0 aliphatic carbocycles. The maximum Gasteiger partial charge on any atom is 0.130 e. The van der Waals surface area contributed by atoms with Crippen molar-refractivity contribution >= 4 is 5.82 Å². The summed E-state index contributed by atoms with van der Waals surface area (Å²) in [6.07, 6.45) is 1.54. The molecule has 1 heterocycles. The lowest BCUT2D eigenvalue weighted by atomic mass is 10.1. The molecule has 0 spiro atoms. The molecule has 2 aromatic rings. The number of rotatable bonds is 5. The number of ether oxygens (including phenoxy) is 1. The molecule has 0 saturated carbocycles. The van der Waals surface area contributed by atoms with Crippen molar-refractivity contribution in [3.05, 3.63) is 36.2 Å². The molecule has 0 atom stereocenters. The summed E-state index contributed by atoms with van der Waals surface area (Å²) >= 11 is 0. The van der Waals surface area contributed by atoms with Gasteiger partial charge >= 0.3 is 0 Å². The SMILES string of the molecule is COc1ccc(C)cc1-c1cc(NCCN)ncn1. The molecule has 1 aromatic heterocycles. The van der Waals surface area contributed by atoms with E-state index in [0.29, 0.717) is 13.1 Å². The Morgan fingerprint density at radius 3 is 2.84 bits per heavy atom. The number of hydrogen-bond acceptors (Lipinski definition) is 5. The van der Waals surface area contributed by atoms with E-state index in [0.717, 1.165) is 28.4 Å². The Kier molecular flexibility index (Phi) is 4.30. The van der Waals surface area contributed by atoms with Crippen molar-refractivity contribution < 1.29 is 4.74 Å². The zero-order chi connectivity index (χ0) is 13.7. The second-order valence-electron chi connectivity index (χ2n) is 4.21. The average Bonchev–Trinajstić information content (AvgIpc) is 2.45. The molecule has 3 N–H and O–H groups in total. The number of hydrogen-bond donors (Lipinski definition) is 2. The first-order valence-electron chi connectivity index (χ1n) is 6.15. The van der Waals surface area contributed by atoms with E-state index < -0.39 is 0 Å². The molecular weight excluding hydrogens is 240 g/mol. The molecule has 5 heteroatoms. The molecule has 0 fully saturated rings. The van der Waals surface area contributed by atoms with Crippen molar-refractivity contribution in [3.63, 3.8) is 0 Å². The summed E-state index contributed by atoms with van der Waals surface area (Å²) in [6, 6.07) is 7.90. The molecule has 1 aromatic carbocycles. The first-order valence-corrected chi connectivity index (χ1v) is 6.15. The Bertz CT molecular complexity index is 557. The molecule has 100 valence electrons. The number of nitrogens with one attached hydrogen (secondary N) is 1. The molecule has 0 amide bonds. The average molecular weight is 258 g/mol. The van der Waals surface area contributed by atoms with E-state index >= 15 is 0 Å². The number of nitrogens with zero attached hydrogens (tertiary/aromatic N) is 2. The molecule has 0 bridgehead atoms. The highest BCUT2D eigenvalue weighted by atomic mass is 16.5. The van der Waals surface area contributed by atoms with Gasteiger partial charge in [0.05, 0.1) is 12.8 Å². The number of nitrogens with two attached hydrogens (primary N) is 1. The summed E-state index contributed by atoms with van der Waals surface area (Å²) in [5.74, 6) is 1.56. The molecule has 19 heavy (non-hydrogen) atoms. The second kappa shape index (κ2) is 6.15. The van der Waals surface area contributed by atoms with Gasteiger partial charge in [-0.05, 0) is 19.1 Å². The summed E-state index contributed by atoms with van der Waals surface area (Å²) < 4.78 is 5.37. The second-order valence-corrected chi connectivity index (χ2v) is 4.21. The lowest BCUT2D eigenvalue weighted by Crippen LogP contribution is -2.13. The van der Waals surface area contributed by atoms with Crippen LogP contribution in [0.1, 0.15) is 5.56 Å². The van der Waals surface area contributed by atoms with Crippen molar-refractivity contribution in [2.45, 2.75) is 6.92 Å². The number of aryl methyl sites for hydroxylation is 1. The predicted octanol–water partition coefficient (Wildman–Crippen LogP) is 1.83. The van der Waals surface area contributed by atoms with E-state index in [1.807, 2.05) is 31.2 Å². The maximum atomic E-state index is 5.47. The highest BCUT2D eigenvalue weighted by Crippen LogP contribution is 2.30. The third-order valence-electron chi connectivity index (χ3n) is 2.75. The van der Waals surface area contributed by atoms with Crippen LogP contribution in [0.5, 0.6) is 5.75 Å². The number of methoxy groups -OCH3 is 1. The molecule has 5 nitrogen and oxygen atoms in total. The number of benzene rings is 1. The standard InChI is InChI=1S/C14H18N4O/c1-10-3-4-13(19-2)11(7-10)12-8-14(16-6-5-15)18-9-17-12/h3-4,7-9H,5-6,15H2,1-2H3,(H,16,17,18). The van der Waals surface area contributed by atoms with Gasteiger partial charge in [0, 0.05) is 24.7 Å². The first kappa shape index (κ1) is 13.3. The van der Waals surface area contributed by atoms with E-state index in [1.165, 1.54) is 6.33 Å². The molecule has 0 saturated heterocycles. The monoisotopic (exact) mass is 258 g/mol. The molecule has 0 radical (unpaired) electrons. The largest absolute Gasteiger partial charge is 0.496 e. The maximum absolute atomic E-state index is 5.47. The summed E-state index contributed by atoms with van der Waals surface area (Å²) in [4.78, 5) is 8.47. The zero-order valence-electron chi connectivity index (χ0n) is 11.2. The molecule has 2 rings (SSSR count). The zero-order valence-corrected chi connectivity index (χ0v) is 11.2. The van der Waals surface area contributed by atoms with Gasteiger partial charge in [-0.3, -0.25) is 0 Å². The normalized spacial score (nSPS) is 10.3. The minimum absolute atomic E-state index is 0.563. The fourth-order valence-corrected chi connectivity index (χ4v) is 1.82. The highest BCUT2D eigenvalue weighted by Gasteiger charge is 2.08. The molecule has 0 unspecified atom stereocenters. The summed E-state index contributed by atoms with van der Waals surface area (Å²) in [5.41, 5.74) is 8.41. The quantitative estimate of drug-likeness (QED) is 0.856. The third-order valence-corrected chi connectivity index (χ3v) is 2.75. The van der Waals surface area contributed by atoms with Gasteiger partial charge in [-0.15, -0.1) is 0 Å². The molecule has 0 aliphatic heterocycles. The lowest BCUT2D eigenvalue weighted by Gasteiger charge is -2.10. The van der Waals surface area contributed by atoms with Crippen molar-refractivity contribution in [1.29, 1.82) is 0 Å². The Morgan fingerprint density at radius 1 is 1.26 bits per heavy atom. The minimum atomic E-state index is 0.563. The summed E-state index contributed by atoms with van der Waals surface area (Å²) in [7, 11) is 1.66. The van der Waals surface area contributed by atoms with Gasteiger partial charge in [-0.2, -0.15) is 0 Å². The van der Waals surface area contributed by atoms with Crippen LogP contribution in [0.4, 0.5) is 5.82 Å². The predicted molar refractivity (Wildman–Crippen MR) is 76.3 cm³/mol. The Balaban J connectivity index is 2.38. The van der Waals surface area contributed by atoms with Gasteiger partial charge < -0.3 is 15.8 Å². The highest BCUT2D eigenvalue weighted by molar-refractivity contribution is 5.69. The van der Waals surface area contributed by atoms with Crippen LogP contribution in [0.3, 0.4) is 0 Å². The van der Waals surface area contributed by atoms with Gasteiger partial charge in [0.1, 0.15) is 17.9 Å². The Hall–Kier alpha value is -2.14. The van der Waals surface area contributed by atoms with Crippen LogP contribution < -0.4 is 15.8 Å². The van der Waals surface area contributed by atoms with Crippen LogP contribution in [0.25, 0.3) is 11.3 Å². The van der Waals surface area contributed by atoms with Gasteiger partial charge in [0.2, 0.25) is 0 Å². The van der Waals surface area contributed by atoms with Crippen LogP contribution in [-0.2, 0) is 0 Å². The Labute approximate surface area is 112 Å². The molecule has 0 aliphatic rings. The first-order chi connectivity index (χ1) is 9.24. The van der Waals surface area contributed by atoms with E-state index in [9.17, 15) is 0 Å². The van der Waals surface area contributed by atoms with Crippen molar-refractivity contribution in [3.8, 4) is 17.0 Å². The van der Waals surface area contributed by atoms with Gasteiger partial charge in [0.25, 0.3) is 0 Å². The van der Waals surface area contributed by atoms with Gasteiger partial charge in [0.15, 0.2) is 0 Å².